The Kier molecular flexibility index (Phi) is 5.91. The molecular weight excluding hydrogens is 370 g/mol. The van der Waals surface area contributed by atoms with E-state index < -0.39 is 5.60 Å². The van der Waals surface area contributed by atoms with Crippen LogP contribution < -0.4 is 5.32 Å². The van der Waals surface area contributed by atoms with Crippen molar-refractivity contribution in [2.45, 2.75) is 45.3 Å². The summed E-state index contributed by atoms with van der Waals surface area (Å²) in [5.74, 6) is 0.420. The molecule has 2 heterocycles. The van der Waals surface area contributed by atoms with Gasteiger partial charge >= 0.3 is 6.09 Å². The standard InChI is InChI=1S/C21H29N5O3/c1-21(2,3)29-20(28)26-10-6-7-16(13-26)23-19-22-12-15-9-8-14(11-17(15)24-19)18(27)25(4)5/h8-9,11-12,16H,6-7,10,13H2,1-5H3,(H,22,23,24)/t16-/m1/s1. The van der Waals surface area contributed by atoms with Crippen LogP contribution in [0.15, 0.2) is 24.4 Å². The molecule has 1 saturated heterocycles. The summed E-state index contributed by atoms with van der Waals surface area (Å²) in [4.78, 5) is 36.8. The number of nitrogens with zero attached hydrogens (tertiary/aromatic N) is 4. The van der Waals surface area contributed by atoms with Crippen molar-refractivity contribution in [1.82, 2.24) is 19.8 Å². The van der Waals surface area contributed by atoms with Gasteiger partial charge in [-0.3, -0.25) is 4.79 Å². The number of benzene rings is 1. The van der Waals surface area contributed by atoms with Gasteiger partial charge in [0.05, 0.1) is 5.52 Å². The first-order valence-electron chi connectivity index (χ1n) is 9.85. The van der Waals surface area contributed by atoms with Crippen molar-refractivity contribution in [3.63, 3.8) is 0 Å². The Morgan fingerprint density at radius 1 is 1.28 bits per heavy atom. The van der Waals surface area contributed by atoms with Crippen LogP contribution in [0, 0.1) is 0 Å². The molecule has 1 aliphatic heterocycles. The van der Waals surface area contributed by atoms with Crippen LogP contribution in [0.2, 0.25) is 0 Å². The number of carbonyl (C=O) groups excluding carboxylic acids is 2. The molecule has 0 spiro atoms. The van der Waals surface area contributed by atoms with Crippen molar-refractivity contribution in [2.24, 2.45) is 0 Å². The number of hydrogen-bond donors (Lipinski definition) is 1. The van der Waals surface area contributed by atoms with E-state index >= 15 is 0 Å². The van der Waals surface area contributed by atoms with E-state index in [1.165, 1.54) is 4.90 Å². The highest BCUT2D eigenvalue weighted by atomic mass is 16.6. The molecule has 1 aromatic heterocycles. The van der Waals surface area contributed by atoms with Gasteiger partial charge in [-0.1, -0.05) is 6.07 Å². The van der Waals surface area contributed by atoms with E-state index in [0.717, 1.165) is 18.2 Å². The van der Waals surface area contributed by atoms with Crippen LogP contribution >= 0.6 is 0 Å². The van der Waals surface area contributed by atoms with Gasteiger partial charge in [-0.2, -0.15) is 0 Å². The van der Waals surface area contributed by atoms with E-state index in [0.29, 0.717) is 30.1 Å². The van der Waals surface area contributed by atoms with Crippen LogP contribution in [0.25, 0.3) is 10.9 Å². The lowest BCUT2D eigenvalue weighted by molar-refractivity contribution is 0.0206. The normalized spacial score (nSPS) is 17.1. The van der Waals surface area contributed by atoms with Crippen molar-refractivity contribution in [3.05, 3.63) is 30.0 Å². The summed E-state index contributed by atoms with van der Waals surface area (Å²) in [7, 11) is 3.44. The lowest BCUT2D eigenvalue weighted by Gasteiger charge is -2.34. The monoisotopic (exact) mass is 399 g/mol. The summed E-state index contributed by atoms with van der Waals surface area (Å²) in [5, 5.41) is 4.19. The average molecular weight is 399 g/mol. The third kappa shape index (κ3) is 5.34. The molecule has 0 saturated carbocycles. The minimum absolute atomic E-state index is 0.0420. The van der Waals surface area contributed by atoms with Gasteiger partial charge < -0.3 is 19.9 Å². The Morgan fingerprint density at radius 3 is 2.72 bits per heavy atom. The summed E-state index contributed by atoms with van der Waals surface area (Å²) >= 11 is 0. The summed E-state index contributed by atoms with van der Waals surface area (Å²) in [6.45, 7) is 6.81. The van der Waals surface area contributed by atoms with Crippen LogP contribution in [0.4, 0.5) is 10.7 Å². The number of likely N-dealkylation sites (tertiary alicyclic amines) is 1. The van der Waals surface area contributed by atoms with Crippen LogP contribution in [0.3, 0.4) is 0 Å². The summed E-state index contributed by atoms with van der Waals surface area (Å²) < 4.78 is 5.48. The zero-order chi connectivity index (χ0) is 21.2. The van der Waals surface area contributed by atoms with Crippen molar-refractivity contribution >= 4 is 28.9 Å². The van der Waals surface area contributed by atoms with Gasteiger partial charge in [0.25, 0.3) is 5.91 Å². The Bertz CT molecular complexity index is 907. The van der Waals surface area contributed by atoms with E-state index in [4.69, 9.17) is 4.74 Å². The Hall–Kier alpha value is -2.90. The zero-order valence-corrected chi connectivity index (χ0v) is 17.7. The van der Waals surface area contributed by atoms with E-state index in [1.807, 2.05) is 26.8 Å². The number of piperidine rings is 1. The first-order valence-corrected chi connectivity index (χ1v) is 9.85. The minimum Gasteiger partial charge on any atom is -0.444 e. The number of fused-ring (bicyclic) bond motifs is 1. The Labute approximate surface area is 171 Å². The summed E-state index contributed by atoms with van der Waals surface area (Å²) in [6, 6.07) is 5.44. The molecule has 1 fully saturated rings. The number of hydrogen-bond acceptors (Lipinski definition) is 6. The van der Waals surface area contributed by atoms with Crippen LogP contribution in [0.1, 0.15) is 44.0 Å². The highest BCUT2D eigenvalue weighted by Crippen LogP contribution is 2.20. The van der Waals surface area contributed by atoms with Gasteiger partial charge in [-0.05, 0) is 45.7 Å². The number of carbonyl (C=O) groups is 2. The quantitative estimate of drug-likeness (QED) is 0.853. The molecule has 3 rings (SSSR count). The lowest BCUT2D eigenvalue weighted by atomic mass is 10.1. The predicted molar refractivity (Wildman–Crippen MR) is 112 cm³/mol. The maximum Gasteiger partial charge on any atom is 0.410 e. The molecular formula is C21H29N5O3. The summed E-state index contributed by atoms with van der Waals surface area (Å²) in [6.07, 6.45) is 3.24. The van der Waals surface area contributed by atoms with Crippen LogP contribution in [-0.2, 0) is 4.74 Å². The molecule has 2 aromatic rings. The predicted octanol–water partition coefficient (Wildman–Crippen LogP) is 3.14. The van der Waals surface area contributed by atoms with Crippen molar-refractivity contribution in [2.75, 3.05) is 32.5 Å². The molecule has 1 atom stereocenters. The second kappa shape index (κ2) is 8.23. The third-order valence-corrected chi connectivity index (χ3v) is 4.64. The Morgan fingerprint density at radius 2 is 2.03 bits per heavy atom. The van der Waals surface area contributed by atoms with Gasteiger partial charge in [-0.25, -0.2) is 14.8 Å². The molecule has 0 radical (unpaired) electrons. The van der Waals surface area contributed by atoms with Crippen LogP contribution in [-0.4, -0.2) is 70.6 Å². The Balaban J connectivity index is 1.72. The van der Waals surface area contributed by atoms with E-state index in [-0.39, 0.29) is 18.0 Å². The van der Waals surface area contributed by atoms with Crippen LogP contribution in [0.5, 0.6) is 0 Å². The molecule has 8 heteroatoms. The minimum atomic E-state index is -0.513. The van der Waals surface area contributed by atoms with Crippen molar-refractivity contribution < 1.29 is 14.3 Å². The zero-order valence-electron chi connectivity index (χ0n) is 17.7. The molecule has 1 N–H and O–H groups in total. The van der Waals surface area contributed by atoms with E-state index in [2.05, 4.69) is 15.3 Å². The first kappa shape index (κ1) is 20.8. The highest BCUT2D eigenvalue weighted by Gasteiger charge is 2.28. The maximum atomic E-state index is 12.4. The molecule has 1 aliphatic rings. The van der Waals surface area contributed by atoms with Crippen molar-refractivity contribution in [1.29, 1.82) is 0 Å². The topological polar surface area (TPSA) is 87.7 Å². The number of ether oxygens (including phenoxy) is 1. The SMILES string of the molecule is CN(C)C(=O)c1ccc2cnc(N[C@@H]3CCCN(C(=O)OC(C)(C)C)C3)nc2c1. The number of aromatic nitrogens is 2. The van der Waals surface area contributed by atoms with Crippen molar-refractivity contribution in [3.8, 4) is 0 Å². The maximum absolute atomic E-state index is 12.4. The van der Waals surface area contributed by atoms with E-state index in [1.54, 1.807) is 37.3 Å². The largest absolute Gasteiger partial charge is 0.444 e. The highest BCUT2D eigenvalue weighted by molar-refractivity contribution is 5.97. The van der Waals surface area contributed by atoms with Gasteiger partial charge in [0, 0.05) is 50.4 Å². The molecule has 1 aromatic carbocycles. The second-order valence-electron chi connectivity index (χ2n) is 8.58. The average Bonchev–Trinajstić information content (AvgIpc) is 2.65. The van der Waals surface area contributed by atoms with Gasteiger partial charge in [0.15, 0.2) is 0 Å². The van der Waals surface area contributed by atoms with Gasteiger partial charge in [0.2, 0.25) is 5.95 Å². The molecule has 0 aliphatic carbocycles. The first-order chi connectivity index (χ1) is 13.6. The second-order valence-corrected chi connectivity index (χ2v) is 8.58. The molecule has 156 valence electrons. The molecule has 2 amide bonds. The molecule has 0 bridgehead atoms. The van der Waals surface area contributed by atoms with E-state index in [9.17, 15) is 9.59 Å². The summed E-state index contributed by atoms with van der Waals surface area (Å²) in [5.41, 5.74) is 0.775. The fraction of sp³-hybridized carbons (Fsp3) is 0.524. The lowest BCUT2D eigenvalue weighted by Crippen LogP contribution is -2.47. The number of anilines is 1. The number of rotatable bonds is 3. The number of nitrogens with one attached hydrogen (secondary N) is 1. The van der Waals surface area contributed by atoms with Gasteiger partial charge in [0.1, 0.15) is 5.60 Å². The van der Waals surface area contributed by atoms with Gasteiger partial charge in [-0.15, -0.1) is 0 Å². The molecule has 0 unspecified atom stereocenters. The molecule has 29 heavy (non-hydrogen) atoms. The molecule has 8 nitrogen and oxygen atoms in total. The third-order valence-electron chi connectivity index (χ3n) is 4.64. The fourth-order valence-corrected chi connectivity index (χ4v) is 3.25. The fourth-order valence-electron chi connectivity index (χ4n) is 3.25. The smallest absolute Gasteiger partial charge is 0.410 e. The number of amides is 2.